The number of aromatic nitrogens is 1. The van der Waals surface area contributed by atoms with Crippen LogP contribution in [0.25, 0.3) is 10.4 Å². The van der Waals surface area contributed by atoms with Crippen molar-refractivity contribution in [3.63, 3.8) is 0 Å². The molecule has 1 heterocycles. The molecule has 1 rings (SSSR count). The number of amides is 1. The van der Waals surface area contributed by atoms with E-state index in [0.717, 1.165) is 0 Å². The van der Waals surface area contributed by atoms with Crippen LogP contribution < -0.4 is 5.32 Å². The smallest absolute Gasteiger partial charge is 0.394 e. The minimum absolute atomic E-state index is 0.00676. The molecule has 15 heavy (non-hydrogen) atoms. The molecule has 0 atom stereocenters. The van der Waals surface area contributed by atoms with Gasteiger partial charge in [-0.1, -0.05) is 5.11 Å². The molecule has 0 radical (unpaired) electrons. The van der Waals surface area contributed by atoms with E-state index in [-0.39, 0.29) is 11.5 Å². The Kier molecular flexibility index (Phi) is 3.20. The van der Waals surface area contributed by atoms with Gasteiger partial charge in [-0.25, -0.2) is 9.78 Å². The SMILES string of the molecule is [N-]=[N+]=Nc1ccnc(NC(=O)C(=O)O)c1. The van der Waals surface area contributed by atoms with Gasteiger partial charge in [0.15, 0.2) is 0 Å². The minimum Gasteiger partial charge on any atom is -0.474 e. The van der Waals surface area contributed by atoms with E-state index in [0.29, 0.717) is 0 Å². The van der Waals surface area contributed by atoms with Gasteiger partial charge in [-0.3, -0.25) is 4.79 Å². The van der Waals surface area contributed by atoms with Gasteiger partial charge >= 0.3 is 11.9 Å². The van der Waals surface area contributed by atoms with E-state index >= 15 is 0 Å². The average Bonchev–Trinajstić information content (AvgIpc) is 2.18. The van der Waals surface area contributed by atoms with Crippen LogP contribution in [0.2, 0.25) is 0 Å². The van der Waals surface area contributed by atoms with Crippen molar-refractivity contribution in [3.8, 4) is 0 Å². The number of carbonyl (C=O) groups excluding carboxylic acids is 1. The van der Waals surface area contributed by atoms with E-state index in [1.807, 2.05) is 5.32 Å². The summed E-state index contributed by atoms with van der Waals surface area (Å²) in [4.78, 5) is 27.1. The lowest BCUT2D eigenvalue weighted by atomic mass is 10.4. The summed E-state index contributed by atoms with van der Waals surface area (Å²) in [7, 11) is 0. The second kappa shape index (κ2) is 4.58. The Morgan fingerprint density at radius 1 is 1.60 bits per heavy atom. The summed E-state index contributed by atoms with van der Waals surface area (Å²) in [6, 6.07) is 2.66. The zero-order valence-electron chi connectivity index (χ0n) is 7.28. The summed E-state index contributed by atoms with van der Waals surface area (Å²) in [6.45, 7) is 0. The zero-order valence-corrected chi connectivity index (χ0v) is 7.28. The third-order valence-electron chi connectivity index (χ3n) is 1.34. The van der Waals surface area contributed by atoms with Gasteiger partial charge in [-0.05, 0) is 17.7 Å². The van der Waals surface area contributed by atoms with Gasteiger partial charge in [0.05, 0.1) is 0 Å². The van der Waals surface area contributed by atoms with Crippen molar-refractivity contribution >= 4 is 23.4 Å². The molecule has 0 fully saturated rings. The highest BCUT2D eigenvalue weighted by molar-refractivity contribution is 6.36. The van der Waals surface area contributed by atoms with E-state index in [1.54, 1.807) is 0 Å². The molecule has 0 spiro atoms. The van der Waals surface area contributed by atoms with E-state index in [1.165, 1.54) is 18.3 Å². The number of azide groups is 1. The van der Waals surface area contributed by atoms with Crippen LogP contribution in [0.3, 0.4) is 0 Å². The first-order valence-electron chi connectivity index (χ1n) is 3.69. The molecule has 0 aromatic carbocycles. The summed E-state index contributed by atoms with van der Waals surface area (Å²) < 4.78 is 0. The molecule has 0 aliphatic rings. The Morgan fingerprint density at radius 2 is 2.33 bits per heavy atom. The molecule has 1 aromatic rings. The molecule has 0 unspecified atom stereocenters. The standard InChI is InChI=1S/C7H5N5O3/c8-12-11-4-1-2-9-5(3-4)10-6(13)7(14)15/h1-3H,(H,14,15)(H,9,10,13). The predicted molar refractivity (Wildman–Crippen MR) is 49.3 cm³/mol. The Labute approximate surface area is 83.2 Å². The van der Waals surface area contributed by atoms with Crippen LogP contribution in [0.1, 0.15) is 0 Å². The van der Waals surface area contributed by atoms with Crippen LogP contribution in [-0.2, 0) is 9.59 Å². The van der Waals surface area contributed by atoms with E-state index in [2.05, 4.69) is 15.0 Å². The Bertz CT molecular complexity index is 452. The normalized spacial score (nSPS) is 8.80. The maximum atomic E-state index is 10.7. The molecule has 2 N–H and O–H groups in total. The highest BCUT2D eigenvalue weighted by atomic mass is 16.4. The molecule has 1 aromatic heterocycles. The monoisotopic (exact) mass is 207 g/mol. The first kappa shape index (κ1) is 10.5. The first-order chi connectivity index (χ1) is 7.13. The molecule has 0 aliphatic heterocycles. The van der Waals surface area contributed by atoms with Crippen molar-refractivity contribution in [1.82, 2.24) is 4.98 Å². The average molecular weight is 207 g/mol. The molecule has 0 saturated heterocycles. The number of hydrogen-bond acceptors (Lipinski definition) is 4. The third-order valence-corrected chi connectivity index (χ3v) is 1.34. The van der Waals surface area contributed by atoms with Gasteiger partial charge in [0.2, 0.25) is 0 Å². The van der Waals surface area contributed by atoms with Crippen molar-refractivity contribution < 1.29 is 14.7 Å². The van der Waals surface area contributed by atoms with E-state index in [4.69, 9.17) is 10.6 Å². The quantitative estimate of drug-likeness (QED) is 0.325. The maximum absolute atomic E-state index is 10.7. The number of pyridine rings is 1. The fraction of sp³-hybridized carbons (Fsp3) is 0. The Morgan fingerprint density at radius 3 is 2.93 bits per heavy atom. The predicted octanol–water partition coefficient (Wildman–Crippen LogP) is 1.05. The van der Waals surface area contributed by atoms with Crippen LogP contribution in [0, 0.1) is 0 Å². The van der Waals surface area contributed by atoms with Crippen LogP contribution in [0.15, 0.2) is 23.4 Å². The van der Waals surface area contributed by atoms with Crippen molar-refractivity contribution in [1.29, 1.82) is 0 Å². The van der Waals surface area contributed by atoms with E-state index < -0.39 is 11.9 Å². The number of hydrogen-bond donors (Lipinski definition) is 2. The molecule has 0 bridgehead atoms. The van der Waals surface area contributed by atoms with Crippen molar-refractivity contribution in [2.24, 2.45) is 5.11 Å². The second-order valence-corrected chi connectivity index (χ2v) is 2.35. The molecule has 8 heteroatoms. The molecule has 76 valence electrons. The topological polar surface area (TPSA) is 128 Å². The molecule has 1 amide bonds. The minimum atomic E-state index is -1.62. The van der Waals surface area contributed by atoms with Gasteiger partial charge in [0, 0.05) is 16.8 Å². The highest BCUT2D eigenvalue weighted by Crippen LogP contribution is 2.14. The molecule has 8 nitrogen and oxygen atoms in total. The number of carbonyl (C=O) groups is 2. The van der Waals surface area contributed by atoms with Crippen molar-refractivity contribution in [2.75, 3.05) is 5.32 Å². The number of carboxylic acids is 1. The van der Waals surface area contributed by atoms with Crippen LogP contribution in [0.4, 0.5) is 11.5 Å². The zero-order chi connectivity index (χ0) is 11.3. The van der Waals surface area contributed by atoms with Gasteiger partial charge in [-0.15, -0.1) is 0 Å². The van der Waals surface area contributed by atoms with Crippen molar-refractivity contribution in [2.45, 2.75) is 0 Å². The number of carboxylic acid groups (broad SMARTS) is 1. The Hall–Kier alpha value is -2.60. The molecule has 0 saturated carbocycles. The summed E-state index contributed by atoms with van der Waals surface area (Å²) in [5.41, 5.74) is 8.37. The lowest BCUT2D eigenvalue weighted by Gasteiger charge is -2.00. The van der Waals surface area contributed by atoms with Crippen LogP contribution in [-0.4, -0.2) is 22.0 Å². The second-order valence-electron chi connectivity index (χ2n) is 2.35. The highest BCUT2D eigenvalue weighted by Gasteiger charge is 2.11. The third kappa shape index (κ3) is 2.98. The molecular weight excluding hydrogens is 202 g/mol. The fourth-order valence-electron chi connectivity index (χ4n) is 0.771. The van der Waals surface area contributed by atoms with E-state index in [9.17, 15) is 9.59 Å². The number of anilines is 1. The number of aliphatic carboxylic acids is 1. The number of rotatable bonds is 2. The van der Waals surface area contributed by atoms with Crippen LogP contribution >= 0.6 is 0 Å². The maximum Gasteiger partial charge on any atom is 0.394 e. The largest absolute Gasteiger partial charge is 0.474 e. The summed E-state index contributed by atoms with van der Waals surface area (Å²) >= 11 is 0. The van der Waals surface area contributed by atoms with Crippen molar-refractivity contribution in [3.05, 3.63) is 28.8 Å². The van der Waals surface area contributed by atoms with Gasteiger partial charge in [0.25, 0.3) is 0 Å². The summed E-state index contributed by atoms with van der Waals surface area (Å²) in [6.07, 6.45) is 1.28. The molecular formula is C7H5N5O3. The van der Waals surface area contributed by atoms with Gasteiger partial charge in [0.1, 0.15) is 5.82 Å². The lowest BCUT2D eigenvalue weighted by molar-refractivity contribution is -0.147. The lowest BCUT2D eigenvalue weighted by Crippen LogP contribution is -2.22. The first-order valence-corrected chi connectivity index (χ1v) is 3.69. The molecule has 0 aliphatic carbocycles. The summed E-state index contributed by atoms with van der Waals surface area (Å²) in [5, 5.41) is 13.6. The summed E-state index contributed by atoms with van der Waals surface area (Å²) in [5.74, 6) is -2.82. The Balaban J connectivity index is 2.86. The fourth-order valence-corrected chi connectivity index (χ4v) is 0.771. The number of nitrogens with zero attached hydrogens (tertiary/aromatic N) is 4. The van der Waals surface area contributed by atoms with Gasteiger partial charge in [-0.2, -0.15) is 0 Å². The van der Waals surface area contributed by atoms with Gasteiger partial charge < -0.3 is 10.4 Å². The van der Waals surface area contributed by atoms with Crippen LogP contribution in [0.5, 0.6) is 0 Å². The number of nitrogens with one attached hydrogen (secondary N) is 1.